The fourth-order valence-electron chi connectivity index (χ4n) is 3.74. The van der Waals surface area contributed by atoms with E-state index >= 15 is 8.78 Å². The minimum Gasteiger partial charge on any atom is -0.457 e. The first kappa shape index (κ1) is 25.0. The van der Waals surface area contributed by atoms with Crippen molar-refractivity contribution in [2.45, 2.75) is 23.7 Å². The van der Waals surface area contributed by atoms with Crippen LogP contribution in [0.15, 0.2) is 126 Å². The Labute approximate surface area is 214 Å². The van der Waals surface area contributed by atoms with Gasteiger partial charge >= 0.3 is 0 Å². The van der Waals surface area contributed by atoms with Crippen molar-refractivity contribution in [3.8, 4) is 11.5 Å². The molecule has 4 rings (SSSR count). The Kier molecular flexibility index (Phi) is 8.99. The average molecular weight is 507 g/mol. The van der Waals surface area contributed by atoms with Gasteiger partial charge in [-0.25, -0.2) is 8.78 Å². The van der Waals surface area contributed by atoms with Gasteiger partial charge in [0, 0.05) is 22.3 Å². The van der Waals surface area contributed by atoms with Crippen molar-refractivity contribution in [3.05, 3.63) is 137 Å². The minimum absolute atomic E-state index is 0.145. The van der Waals surface area contributed by atoms with Gasteiger partial charge in [-0.2, -0.15) is 0 Å². The Balaban J connectivity index is 1.51. The summed E-state index contributed by atoms with van der Waals surface area (Å²) < 4.78 is 36.6. The lowest BCUT2D eigenvalue weighted by Gasteiger charge is -2.17. The number of ether oxygens (including phenoxy) is 1. The summed E-state index contributed by atoms with van der Waals surface area (Å²) in [5, 5.41) is 0.561. The maximum absolute atomic E-state index is 15.5. The van der Waals surface area contributed by atoms with Crippen molar-refractivity contribution in [3.63, 3.8) is 0 Å². The van der Waals surface area contributed by atoms with Gasteiger partial charge in [-0.15, -0.1) is 11.8 Å². The molecule has 0 saturated carbocycles. The number of benzene rings is 4. The SMILES string of the molecule is FC(Cc1cccc(Oc2ccccc2)c1)=C(F)C(CCSc1ccccc1)c1ccc(Cl)cc1. The van der Waals surface area contributed by atoms with Crippen LogP contribution in [0.4, 0.5) is 8.78 Å². The predicted octanol–water partition coefficient (Wildman–Crippen LogP) is 9.79. The third kappa shape index (κ3) is 7.45. The minimum atomic E-state index is -0.772. The van der Waals surface area contributed by atoms with Crippen molar-refractivity contribution >= 4 is 23.4 Å². The second-order valence-corrected chi connectivity index (χ2v) is 9.65. The summed E-state index contributed by atoms with van der Waals surface area (Å²) in [4.78, 5) is 1.10. The normalized spacial score (nSPS) is 12.7. The summed E-state index contributed by atoms with van der Waals surface area (Å²) in [7, 11) is 0. The van der Waals surface area contributed by atoms with Gasteiger partial charge in [0.15, 0.2) is 0 Å². The quantitative estimate of drug-likeness (QED) is 0.198. The zero-order chi connectivity index (χ0) is 24.5. The molecule has 0 heterocycles. The molecule has 0 saturated heterocycles. The van der Waals surface area contributed by atoms with E-state index in [-0.39, 0.29) is 6.42 Å². The molecule has 4 aromatic rings. The Morgan fingerprint density at radius 1 is 0.771 bits per heavy atom. The molecule has 0 N–H and O–H groups in total. The second kappa shape index (κ2) is 12.6. The van der Waals surface area contributed by atoms with Gasteiger partial charge in [0.05, 0.1) is 0 Å². The lowest BCUT2D eigenvalue weighted by atomic mass is 9.93. The summed E-state index contributed by atoms with van der Waals surface area (Å²) in [5.74, 6) is -0.284. The molecular formula is C30H25ClF2OS. The van der Waals surface area contributed by atoms with E-state index in [1.165, 1.54) is 0 Å². The Bertz CT molecular complexity index is 1240. The topological polar surface area (TPSA) is 9.23 Å². The molecule has 0 bridgehead atoms. The summed E-state index contributed by atoms with van der Waals surface area (Å²) in [5.41, 5.74) is 1.34. The fraction of sp³-hybridized carbons (Fsp3) is 0.133. The van der Waals surface area contributed by atoms with Crippen molar-refractivity contribution in [1.82, 2.24) is 0 Å². The van der Waals surface area contributed by atoms with Crippen LogP contribution in [-0.4, -0.2) is 5.75 Å². The molecule has 0 radical (unpaired) electrons. The third-order valence-electron chi connectivity index (χ3n) is 5.49. The molecular weight excluding hydrogens is 482 g/mol. The lowest BCUT2D eigenvalue weighted by Crippen LogP contribution is -2.04. The van der Waals surface area contributed by atoms with Crippen molar-refractivity contribution in [2.24, 2.45) is 0 Å². The molecule has 0 fully saturated rings. The first-order valence-corrected chi connectivity index (χ1v) is 12.7. The maximum Gasteiger partial charge on any atom is 0.139 e. The molecule has 1 atom stereocenters. The van der Waals surface area contributed by atoms with Gasteiger partial charge in [-0.05, 0) is 71.8 Å². The van der Waals surface area contributed by atoms with Crippen LogP contribution in [-0.2, 0) is 6.42 Å². The molecule has 1 unspecified atom stereocenters. The van der Waals surface area contributed by atoms with Gasteiger partial charge in [-0.3, -0.25) is 0 Å². The molecule has 0 aliphatic heterocycles. The van der Waals surface area contributed by atoms with E-state index in [9.17, 15) is 0 Å². The van der Waals surface area contributed by atoms with Gasteiger partial charge < -0.3 is 4.74 Å². The van der Waals surface area contributed by atoms with Gasteiger partial charge in [0.1, 0.15) is 23.2 Å². The standard InChI is InChI=1S/C30H25ClF2OS/c31-24-16-14-23(15-17-24)28(18-19-35-27-12-5-2-6-13-27)30(33)29(32)21-22-8-7-11-26(20-22)34-25-9-3-1-4-10-25/h1-17,20,28H,18-19,21H2. The maximum atomic E-state index is 15.5. The molecule has 0 aromatic heterocycles. The summed E-state index contributed by atoms with van der Waals surface area (Å²) in [6.07, 6.45) is 0.311. The highest BCUT2D eigenvalue weighted by Crippen LogP contribution is 2.35. The van der Waals surface area contributed by atoms with E-state index in [0.717, 1.165) is 4.90 Å². The van der Waals surface area contributed by atoms with Crippen LogP contribution in [0.5, 0.6) is 11.5 Å². The van der Waals surface area contributed by atoms with E-state index in [4.69, 9.17) is 16.3 Å². The van der Waals surface area contributed by atoms with E-state index in [2.05, 4.69) is 0 Å². The fourth-order valence-corrected chi connectivity index (χ4v) is 4.81. The van der Waals surface area contributed by atoms with Crippen molar-refractivity contribution in [2.75, 3.05) is 5.75 Å². The van der Waals surface area contributed by atoms with E-state index in [1.807, 2.05) is 60.7 Å². The monoisotopic (exact) mass is 506 g/mol. The molecule has 1 nitrogen and oxygen atoms in total. The second-order valence-electron chi connectivity index (χ2n) is 8.05. The van der Waals surface area contributed by atoms with E-state index in [0.29, 0.717) is 39.8 Å². The number of rotatable bonds is 10. The average Bonchev–Trinajstić information content (AvgIpc) is 2.88. The number of allylic oxidation sites excluding steroid dienone is 2. The Morgan fingerprint density at radius 2 is 1.43 bits per heavy atom. The molecule has 178 valence electrons. The molecule has 0 amide bonds. The molecule has 4 aromatic carbocycles. The van der Waals surface area contributed by atoms with Crippen molar-refractivity contribution in [1.29, 1.82) is 0 Å². The molecule has 0 aliphatic carbocycles. The Morgan fingerprint density at radius 3 is 2.14 bits per heavy atom. The lowest BCUT2D eigenvalue weighted by molar-refractivity contribution is 0.464. The predicted molar refractivity (Wildman–Crippen MR) is 142 cm³/mol. The van der Waals surface area contributed by atoms with Crippen LogP contribution in [0.2, 0.25) is 5.02 Å². The largest absolute Gasteiger partial charge is 0.457 e. The molecule has 0 aliphatic rings. The highest BCUT2D eigenvalue weighted by molar-refractivity contribution is 7.99. The molecule has 0 spiro atoms. The zero-order valence-corrected chi connectivity index (χ0v) is 20.6. The van der Waals surface area contributed by atoms with Crippen LogP contribution < -0.4 is 4.74 Å². The van der Waals surface area contributed by atoms with Crippen LogP contribution in [0.3, 0.4) is 0 Å². The van der Waals surface area contributed by atoms with Crippen LogP contribution in [0, 0.1) is 0 Å². The zero-order valence-electron chi connectivity index (χ0n) is 19.0. The number of hydrogen-bond donors (Lipinski definition) is 0. The number of halogens is 3. The van der Waals surface area contributed by atoms with E-state index < -0.39 is 17.6 Å². The summed E-state index contributed by atoms with van der Waals surface area (Å²) >= 11 is 7.66. The number of thioether (sulfide) groups is 1. The van der Waals surface area contributed by atoms with Gasteiger partial charge in [0.2, 0.25) is 0 Å². The number of hydrogen-bond acceptors (Lipinski definition) is 2. The first-order valence-electron chi connectivity index (χ1n) is 11.4. The van der Waals surface area contributed by atoms with Crippen molar-refractivity contribution < 1.29 is 13.5 Å². The van der Waals surface area contributed by atoms with Crippen LogP contribution in [0.1, 0.15) is 23.5 Å². The summed E-state index contributed by atoms with van der Waals surface area (Å²) in [6, 6.07) is 33.3. The Hall–Kier alpha value is -3.08. The highest BCUT2D eigenvalue weighted by atomic mass is 35.5. The highest BCUT2D eigenvalue weighted by Gasteiger charge is 2.22. The summed E-state index contributed by atoms with van der Waals surface area (Å²) in [6.45, 7) is 0. The van der Waals surface area contributed by atoms with Crippen LogP contribution in [0.25, 0.3) is 0 Å². The number of para-hydroxylation sites is 1. The smallest absolute Gasteiger partial charge is 0.139 e. The van der Waals surface area contributed by atoms with Crippen LogP contribution >= 0.6 is 23.4 Å². The van der Waals surface area contributed by atoms with Gasteiger partial charge in [-0.1, -0.05) is 72.3 Å². The van der Waals surface area contributed by atoms with Gasteiger partial charge in [0.25, 0.3) is 0 Å². The third-order valence-corrected chi connectivity index (χ3v) is 6.79. The molecule has 35 heavy (non-hydrogen) atoms. The first-order chi connectivity index (χ1) is 17.1. The molecule has 5 heteroatoms. The van der Waals surface area contributed by atoms with E-state index in [1.54, 1.807) is 60.3 Å².